The van der Waals surface area contributed by atoms with Crippen molar-refractivity contribution >= 4 is 29.1 Å². The smallest absolute Gasteiger partial charge is 0.229 e. The third kappa shape index (κ3) is 3.85. The van der Waals surface area contributed by atoms with Crippen LogP contribution in [0.25, 0.3) is 0 Å². The Kier molecular flexibility index (Phi) is 4.87. The first kappa shape index (κ1) is 16.3. The summed E-state index contributed by atoms with van der Waals surface area (Å²) in [4.78, 5) is 26.3. The number of nitrogens with one attached hydrogen (secondary N) is 1. The van der Waals surface area contributed by atoms with E-state index in [1.807, 2.05) is 6.92 Å². The van der Waals surface area contributed by atoms with E-state index in [1.165, 1.54) is 0 Å². The van der Waals surface area contributed by atoms with Crippen LogP contribution in [0, 0.1) is 12.8 Å². The van der Waals surface area contributed by atoms with Crippen LogP contribution in [0.5, 0.6) is 0 Å². The van der Waals surface area contributed by atoms with Crippen molar-refractivity contribution < 1.29 is 14.3 Å². The Morgan fingerprint density at radius 2 is 2.30 bits per heavy atom. The highest BCUT2D eigenvalue weighted by Crippen LogP contribution is 2.24. The predicted molar refractivity (Wildman–Crippen MR) is 88.5 cm³/mol. The number of hydrogen-bond donors (Lipinski definition) is 1. The van der Waals surface area contributed by atoms with Gasteiger partial charge < -0.3 is 15.0 Å². The first-order chi connectivity index (χ1) is 11.0. The van der Waals surface area contributed by atoms with Crippen molar-refractivity contribution in [2.24, 2.45) is 5.92 Å². The minimum absolute atomic E-state index is 0.0356. The number of carbonyl (C=O) groups is 2. The van der Waals surface area contributed by atoms with Crippen LogP contribution in [0.15, 0.2) is 18.2 Å². The van der Waals surface area contributed by atoms with Gasteiger partial charge in [-0.05, 0) is 43.5 Å². The van der Waals surface area contributed by atoms with E-state index >= 15 is 0 Å². The molecule has 2 fully saturated rings. The Morgan fingerprint density at radius 1 is 1.48 bits per heavy atom. The third-order valence-electron chi connectivity index (χ3n) is 4.48. The standard InChI is InChI=1S/C17H21ClN2O3/c1-11-7-13(18)4-5-15(11)19-17(22)12-8-16(21)20(9-12)10-14-3-2-6-23-14/h4-5,7,12,14H,2-3,6,8-10H2,1H3,(H,19,22). The molecule has 124 valence electrons. The highest BCUT2D eigenvalue weighted by atomic mass is 35.5. The SMILES string of the molecule is Cc1cc(Cl)ccc1NC(=O)C1CC(=O)N(CC2CCCO2)C1. The molecule has 2 heterocycles. The van der Waals surface area contributed by atoms with Gasteiger partial charge in [0.1, 0.15) is 0 Å². The monoisotopic (exact) mass is 336 g/mol. The van der Waals surface area contributed by atoms with Crippen molar-refractivity contribution in [3.8, 4) is 0 Å². The van der Waals surface area contributed by atoms with Crippen LogP contribution in [0.3, 0.4) is 0 Å². The number of rotatable bonds is 4. The summed E-state index contributed by atoms with van der Waals surface area (Å²) in [5.74, 6) is -0.383. The van der Waals surface area contributed by atoms with Gasteiger partial charge in [0.15, 0.2) is 0 Å². The highest BCUT2D eigenvalue weighted by Gasteiger charge is 2.36. The van der Waals surface area contributed by atoms with Crippen molar-refractivity contribution in [2.75, 3.05) is 25.0 Å². The van der Waals surface area contributed by atoms with E-state index in [0.717, 1.165) is 30.7 Å². The second-order valence-corrected chi connectivity index (χ2v) is 6.72. The van der Waals surface area contributed by atoms with Gasteiger partial charge in [0.2, 0.25) is 11.8 Å². The largest absolute Gasteiger partial charge is 0.376 e. The Labute approximate surface area is 140 Å². The molecular weight excluding hydrogens is 316 g/mol. The average Bonchev–Trinajstić information content (AvgIpc) is 3.13. The molecule has 0 aromatic heterocycles. The van der Waals surface area contributed by atoms with Crippen molar-refractivity contribution in [2.45, 2.75) is 32.3 Å². The maximum atomic E-state index is 12.4. The lowest BCUT2D eigenvalue weighted by molar-refractivity contribution is -0.129. The van der Waals surface area contributed by atoms with E-state index in [0.29, 0.717) is 18.1 Å². The highest BCUT2D eigenvalue weighted by molar-refractivity contribution is 6.30. The Hall–Kier alpha value is -1.59. The summed E-state index contributed by atoms with van der Waals surface area (Å²) in [6, 6.07) is 5.34. The molecule has 1 aromatic rings. The summed E-state index contributed by atoms with van der Waals surface area (Å²) in [7, 11) is 0. The molecule has 0 spiro atoms. The summed E-state index contributed by atoms with van der Waals surface area (Å²) < 4.78 is 5.57. The topological polar surface area (TPSA) is 58.6 Å². The van der Waals surface area contributed by atoms with Gasteiger partial charge >= 0.3 is 0 Å². The van der Waals surface area contributed by atoms with Crippen LogP contribution in [0.2, 0.25) is 5.02 Å². The molecule has 2 aliphatic rings. The van der Waals surface area contributed by atoms with Gasteiger partial charge in [-0.1, -0.05) is 11.6 Å². The molecule has 5 nitrogen and oxygen atoms in total. The van der Waals surface area contributed by atoms with Crippen LogP contribution in [-0.2, 0) is 14.3 Å². The Morgan fingerprint density at radius 3 is 3.00 bits per heavy atom. The first-order valence-electron chi connectivity index (χ1n) is 7.99. The number of nitrogens with zero attached hydrogens (tertiary/aromatic N) is 1. The zero-order valence-corrected chi connectivity index (χ0v) is 13.9. The minimum Gasteiger partial charge on any atom is -0.376 e. The number of hydrogen-bond acceptors (Lipinski definition) is 3. The molecule has 0 bridgehead atoms. The normalized spacial score (nSPS) is 24.3. The molecule has 2 atom stereocenters. The van der Waals surface area contributed by atoms with E-state index in [9.17, 15) is 9.59 Å². The molecule has 2 aliphatic heterocycles. The van der Waals surface area contributed by atoms with E-state index in [-0.39, 0.29) is 30.3 Å². The van der Waals surface area contributed by atoms with Crippen LogP contribution in [0.1, 0.15) is 24.8 Å². The summed E-state index contributed by atoms with van der Waals surface area (Å²) in [6.07, 6.45) is 2.43. The van der Waals surface area contributed by atoms with E-state index in [4.69, 9.17) is 16.3 Å². The molecule has 3 rings (SSSR count). The number of aryl methyl sites for hydroxylation is 1. The maximum absolute atomic E-state index is 12.4. The van der Waals surface area contributed by atoms with Gasteiger partial charge in [0, 0.05) is 36.8 Å². The van der Waals surface area contributed by atoms with Crippen molar-refractivity contribution in [3.05, 3.63) is 28.8 Å². The summed E-state index contributed by atoms with van der Waals surface area (Å²) in [5.41, 5.74) is 1.65. The Bertz CT molecular complexity index is 614. The molecule has 23 heavy (non-hydrogen) atoms. The number of ether oxygens (including phenoxy) is 1. The van der Waals surface area contributed by atoms with Crippen molar-refractivity contribution in [1.82, 2.24) is 4.90 Å². The fourth-order valence-electron chi connectivity index (χ4n) is 3.16. The molecule has 1 aromatic carbocycles. The summed E-state index contributed by atoms with van der Waals surface area (Å²) in [5, 5.41) is 3.54. The molecule has 0 aliphatic carbocycles. The average molecular weight is 337 g/mol. The van der Waals surface area contributed by atoms with E-state index < -0.39 is 0 Å². The zero-order chi connectivity index (χ0) is 16.4. The molecule has 6 heteroatoms. The number of carbonyl (C=O) groups excluding carboxylic acids is 2. The second-order valence-electron chi connectivity index (χ2n) is 6.28. The lowest BCUT2D eigenvalue weighted by Gasteiger charge is -2.20. The quantitative estimate of drug-likeness (QED) is 0.919. The number of amides is 2. The van der Waals surface area contributed by atoms with Crippen LogP contribution in [-0.4, -0.2) is 42.5 Å². The number of benzene rings is 1. The second kappa shape index (κ2) is 6.89. The first-order valence-corrected chi connectivity index (χ1v) is 8.37. The predicted octanol–water partition coefficient (Wildman–Crippen LogP) is 2.61. The fourth-order valence-corrected chi connectivity index (χ4v) is 3.39. The minimum atomic E-state index is -0.306. The van der Waals surface area contributed by atoms with Gasteiger partial charge in [-0.15, -0.1) is 0 Å². The van der Waals surface area contributed by atoms with Gasteiger partial charge in [-0.2, -0.15) is 0 Å². The van der Waals surface area contributed by atoms with Gasteiger partial charge in [-0.3, -0.25) is 9.59 Å². The number of halogens is 1. The lowest BCUT2D eigenvalue weighted by atomic mass is 10.1. The third-order valence-corrected chi connectivity index (χ3v) is 4.71. The molecule has 0 radical (unpaired) electrons. The molecular formula is C17H21ClN2O3. The zero-order valence-electron chi connectivity index (χ0n) is 13.2. The summed E-state index contributed by atoms with van der Waals surface area (Å²) >= 11 is 5.92. The number of anilines is 1. The molecule has 1 N–H and O–H groups in total. The van der Waals surface area contributed by atoms with Crippen LogP contribution < -0.4 is 5.32 Å². The maximum Gasteiger partial charge on any atom is 0.229 e. The van der Waals surface area contributed by atoms with Crippen molar-refractivity contribution in [1.29, 1.82) is 0 Å². The lowest BCUT2D eigenvalue weighted by Crippen LogP contribution is -2.34. The molecule has 2 saturated heterocycles. The molecule has 0 saturated carbocycles. The van der Waals surface area contributed by atoms with E-state index in [1.54, 1.807) is 23.1 Å². The van der Waals surface area contributed by atoms with E-state index in [2.05, 4.69) is 5.32 Å². The van der Waals surface area contributed by atoms with Crippen LogP contribution in [0.4, 0.5) is 5.69 Å². The number of likely N-dealkylation sites (tertiary alicyclic amines) is 1. The van der Waals surface area contributed by atoms with Gasteiger partial charge in [-0.25, -0.2) is 0 Å². The fraction of sp³-hybridized carbons (Fsp3) is 0.529. The van der Waals surface area contributed by atoms with Crippen LogP contribution >= 0.6 is 11.6 Å². The molecule has 2 unspecified atom stereocenters. The van der Waals surface area contributed by atoms with Gasteiger partial charge in [0.25, 0.3) is 0 Å². The Balaban J connectivity index is 1.58. The molecule has 2 amide bonds. The van der Waals surface area contributed by atoms with Crippen molar-refractivity contribution in [3.63, 3.8) is 0 Å². The summed E-state index contributed by atoms with van der Waals surface area (Å²) in [6.45, 7) is 3.73. The van der Waals surface area contributed by atoms with Gasteiger partial charge in [0.05, 0.1) is 12.0 Å².